The molecule has 1 aromatic carbocycles. The van der Waals surface area contributed by atoms with Gasteiger partial charge in [0.1, 0.15) is 11.4 Å². The van der Waals surface area contributed by atoms with Crippen LogP contribution in [0.3, 0.4) is 0 Å². The molecule has 0 bridgehead atoms. The highest BCUT2D eigenvalue weighted by Gasteiger charge is 2.46. The van der Waals surface area contributed by atoms with Crippen molar-refractivity contribution in [2.45, 2.75) is 25.0 Å². The molecule has 1 fully saturated rings. The molecular weight excluding hydrogens is 454 g/mol. The number of carbonyl (C=O) groups excluding carboxylic acids is 1. The Labute approximate surface area is 162 Å². The molecule has 7 nitrogen and oxygen atoms in total. The van der Waals surface area contributed by atoms with Crippen molar-refractivity contribution in [2.75, 3.05) is 13.1 Å². The number of rotatable bonds is 4. The molecule has 138 valence electrons. The van der Waals surface area contributed by atoms with Crippen molar-refractivity contribution in [1.82, 2.24) is 14.9 Å². The van der Waals surface area contributed by atoms with Crippen LogP contribution in [0, 0.1) is 9.39 Å². The summed E-state index contributed by atoms with van der Waals surface area (Å²) in [5.74, 6) is -0.803. The molecule has 1 saturated heterocycles. The average Bonchev–Trinajstić information content (AvgIpc) is 2.54. The number of hydrogen-bond acceptors (Lipinski definition) is 5. The molecule has 0 saturated carbocycles. The second-order valence-electron chi connectivity index (χ2n) is 6.55. The van der Waals surface area contributed by atoms with Crippen LogP contribution < -0.4 is 11.4 Å². The molecule has 1 aromatic heterocycles. The fourth-order valence-corrected chi connectivity index (χ4v) is 3.28. The van der Waals surface area contributed by atoms with E-state index in [4.69, 9.17) is 5.73 Å². The van der Waals surface area contributed by atoms with Gasteiger partial charge < -0.3 is 20.7 Å². The summed E-state index contributed by atoms with van der Waals surface area (Å²) in [6.07, 6.45) is 1.23. The molecule has 0 aliphatic carbocycles. The molecule has 1 atom stereocenters. The van der Waals surface area contributed by atoms with Crippen LogP contribution in [0.2, 0.25) is 0 Å². The van der Waals surface area contributed by atoms with Gasteiger partial charge in [0.15, 0.2) is 0 Å². The van der Waals surface area contributed by atoms with E-state index in [1.807, 2.05) is 22.6 Å². The van der Waals surface area contributed by atoms with E-state index in [1.165, 1.54) is 17.2 Å². The van der Waals surface area contributed by atoms with Gasteiger partial charge in [0.25, 0.3) is 5.91 Å². The van der Waals surface area contributed by atoms with E-state index in [0.717, 1.165) is 3.57 Å². The Morgan fingerprint density at radius 1 is 1.54 bits per heavy atom. The molecule has 3 rings (SSSR count). The number of nitrogens with two attached hydrogens (primary N) is 1. The Balaban J connectivity index is 1.87. The summed E-state index contributed by atoms with van der Waals surface area (Å²) in [7, 11) is 0. The molecule has 0 radical (unpaired) electrons. The largest absolute Gasteiger partial charge is 0.385 e. The third-order valence-electron chi connectivity index (χ3n) is 4.57. The predicted octanol–water partition coefficient (Wildman–Crippen LogP) is 0.639. The summed E-state index contributed by atoms with van der Waals surface area (Å²) < 4.78 is 14.9. The quantitative estimate of drug-likeness (QED) is 0.566. The first kappa shape index (κ1) is 18.9. The zero-order valence-corrected chi connectivity index (χ0v) is 16.2. The molecule has 0 spiro atoms. The predicted molar refractivity (Wildman–Crippen MR) is 101 cm³/mol. The summed E-state index contributed by atoms with van der Waals surface area (Å²) in [6.45, 7) is 1.87. The zero-order chi connectivity index (χ0) is 19.1. The van der Waals surface area contributed by atoms with E-state index >= 15 is 0 Å². The van der Waals surface area contributed by atoms with Gasteiger partial charge in [-0.1, -0.05) is 6.07 Å². The Morgan fingerprint density at radius 2 is 2.23 bits per heavy atom. The highest BCUT2D eigenvalue weighted by Crippen LogP contribution is 2.26. The monoisotopic (exact) mass is 472 g/mol. The van der Waals surface area contributed by atoms with Gasteiger partial charge >= 0.3 is 5.69 Å². The van der Waals surface area contributed by atoms with E-state index in [-0.39, 0.29) is 36.7 Å². The summed E-state index contributed by atoms with van der Waals surface area (Å²) in [6, 6.07) is 4.27. The van der Waals surface area contributed by atoms with E-state index < -0.39 is 23.1 Å². The minimum Gasteiger partial charge on any atom is -0.385 e. The molecule has 26 heavy (non-hydrogen) atoms. The van der Waals surface area contributed by atoms with Crippen molar-refractivity contribution in [1.29, 1.82) is 0 Å². The number of nitrogens with zero attached hydrogens (tertiary/aromatic N) is 2. The number of carbonyl (C=O) groups is 1. The van der Waals surface area contributed by atoms with Crippen LogP contribution in [-0.4, -0.2) is 50.6 Å². The molecule has 2 aromatic rings. The van der Waals surface area contributed by atoms with Gasteiger partial charge in [-0.25, -0.2) is 14.2 Å². The lowest BCUT2D eigenvalue weighted by atomic mass is 9.87. The van der Waals surface area contributed by atoms with E-state index in [0.29, 0.717) is 5.56 Å². The van der Waals surface area contributed by atoms with Crippen LogP contribution in [0.4, 0.5) is 4.39 Å². The second kappa shape index (κ2) is 7.05. The zero-order valence-electron chi connectivity index (χ0n) is 14.0. The van der Waals surface area contributed by atoms with Gasteiger partial charge in [-0.05, 0) is 47.2 Å². The highest BCUT2D eigenvalue weighted by atomic mass is 127. The average molecular weight is 472 g/mol. The van der Waals surface area contributed by atoms with E-state index in [1.54, 1.807) is 19.1 Å². The van der Waals surface area contributed by atoms with Crippen LogP contribution in [-0.2, 0) is 6.42 Å². The maximum absolute atomic E-state index is 14.1. The minimum absolute atomic E-state index is 0.0486. The lowest BCUT2D eigenvalue weighted by Gasteiger charge is -2.48. The molecule has 1 amide bonds. The van der Waals surface area contributed by atoms with Gasteiger partial charge in [0, 0.05) is 27.9 Å². The third-order valence-corrected chi connectivity index (χ3v) is 5.24. The maximum Gasteiger partial charge on any atom is 0.345 e. The van der Waals surface area contributed by atoms with Crippen LogP contribution in [0.5, 0.6) is 0 Å². The maximum atomic E-state index is 14.1. The second-order valence-corrected chi connectivity index (χ2v) is 7.79. The van der Waals surface area contributed by atoms with Crippen LogP contribution in [0.15, 0.2) is 29.2 Å². The van der Waals surface area contributed by atoms with Crippen molar-refractivity contribution in [3.63, 3.8) is 0 Å². The summed E-state index contributed by atoms with van der Waals surface area (Å²) in [5.41, 5.74) is 4.81. The van der Waals surface area contributed by atoms with Crippen molar-refractivity contribution >= 4 is 28.5 Å². The fourth-order valence-electron chi connectivity index (χ4n) is 2.83. The lowest BCUT2D eigenvalue weighted by Crippen LogP contribution is -2.70. The van der Waals surface area contributed by atoms with E-state index in [9.17, 15) is 19.1 Å². The first-order valence-electron chi connectivity index (χ1n) is 7.99. The Kier molecular flexibility index (Phi) is 5.13. The molecule has 0 unspecified atom stereocenters. The third kappa shape index (κ3) is 3.64. The number of aliphatic hydroxyl groups is 1. The number of aromatic amines is 1. The fraction of sp³-hybridized carbons (Fsp3) is 0.353. The van der Waals surface area contributed by atoms with Gasteiger partial charge in [-0.2, -0.15) is 0 Å². The Bertz CT molecular complexity index is 909. The van der Waals surface area contributed by atoms with Gasteiger partial charge in [-0.3, -0.25) is 4.79 Å². The Hall–Kier alpha value is -1.85. The normalized spacial score (nSPS) is 16.9. The van der Waals surface area contributed by atoms with Crippen LogP contribution in [0.1, 0.15) is 28.5 Å². The molecule has 1 aliphatic heterocycles. The standard InChI is InChI=1S/C17H18FIN4O3/c1-9(20)17(26)7-23(8-17)15(24)12-6-21-16(25)22-14(12)4-10-2-3-11(19)5-13(10)18/h2-3,5-6,9,26H,4,7-8,20H2,1H3,(H,21,22,25)/t9-/m0/s1. The number of likely N-dealkylation sites (tertiary alicyclic amines) is 1. The minimum atomic E-state index is -1.12. The first-order chi connectivity index (χ1) is 12.2. The molecule has 2 heterocycles. The van der Waals surface area contributed by atoms with Crippen molar-refractivity contribution in [3.05, 3.63) is 61.1 Å². The molecule has 9 heteroatoms. The number of aromatic nitrogens is 2. The molecule has 4 N–H and O–H groups in total. The van der Waals surface area contributed by atoms with Crippen molar-refractivity contribution in [3.8, 4) is 0 Å². The lowest BCUT2D eigenvalue weighted by molar-refractivity contribution is -0.0931. The molecular formula is C17H18FIN4O3. The van der Waals surface area contributed by atoms with Crippen LogP contribution in [0.25, 0.3) is 0 Å². The number of halogens is 2. The number of H-pyrrole nitrogens is 1. The van der Waals surface area contributed by atoms with Gasteiger partial charge in [0.2, 0.25) is 0 Å². The van der Waals surface area contributed by atoms with Crippen molar-refractivity contribution < 1.29 is 14.3 Å². The SMILES string of the molecule is C[C@H](N)C1(O)CN(C(=O)c2cnc(=O)[nH]c2Cc2ccc(I)cc2F)C1. The molecule has 1 aliphatic rings. The van der Waals surface area contributed by atoms with Crippen molar-refractivity contribution in [2.24, 2.45) is 5.73 Å². The van der Waals surface area contributed by atoms with E-state index in [2.05, 4.69) is 9.97 Å². The summed E-state index contributed by atoms with van der Waals surface area (Å²) in [5, 5.41) is 10.2. The number of hydrogen-bond donors (Lipinski definition) is 3. The topological polar surface area (TPSA) is 112 Å². The smallest absolute Gasteiger partial charge is 0.345 e. The number of benzene rings is 1. The Morgan fingerprint density at radius 3 is 2.85 bits per heavy atom. The number of β-amino-alcohol motifs (C(OH)–C–C–N with tert-alkyl or cyclic N) is 1. The van der Waals surface area contributed by atoms with Gasteiger partial charge in [-0.15, -0.1) is 0 Å². The summed E-state index contributed by atoms with van der Waals surface area (Å²) in [4.78, 5) is 31.9. The first-order valence-corrected chi connectivity index (χ1v) is 9.07. The number of amides is 1. The van der Waals surface area contributed by atoms with Crippen LogP contribution >= 0.6 is 22.6 Å². The summed E-state index contributed by atoms with van der Waals surface area (Å²) >= 11 is 2.00. The number of nitrogens with one attached hydrogen (secondary N) is 1. The van der Waals surface area contributed by atoms with Gasteiger partial charge in [0.05, 0.1) is 18.7 Å². The highest BCUT2D eigenvalue weighted by molar-refractivity contribution is 14.1.